The fourth-order valence-electron chi connectivity index (χ4n) is 2.75. The van der Waals surface area contributed by atoms with Crippen LogP contribution in [0.25, 0.3) is 0 Å². The number of anilines is 2. The van der Waals surface area contributed by atoms with Gasteiger partial charge in [-0.2, -0.15) is 0 Å². The molecule has 0 bridgehead atoms. The van der Waals surface area contributed by atoms with Gasteiger partial charge in [-0.1, -0.05) is 11.6 Å². The molecule has 3 rings (SSSR count). The van der Waals surface area contributed by atoms with Crippen LogP contribution in [-0.2, 0) is 14.8 Å². The molecule has 0 radical (unpaired) electrons. The van der Waals surface area contributed by atoms with Gasteiger partial charge in [0.15, 0.2) is 6.61 Å². The first kappa shape index (κ1) is 23.9. The molecule has 0 unspecified atom stereocenters. The first-order valence-corrected chi connectivity index (χ1v) is 11.3. The number of ether oxygens (including phenoxy) is 2. The molecule has 33 heavy (non-hydrogen) atoms. The molecule has 0 fully saturated rings. The summed E-state index contributed by atoms with van der Waals surface area (Å²) >= 11 is 5.83. The van der Waals surface area contributed by atoms with E-state index in [2.05, 4.69) is 10.0 Å². The molecule has 0 heterocycles. The standard InChI is InChI=1S/C22H20ClN3O6S/c1-31-19-11-8-17(12-20(19)33(29,30)26-16-6-4-15(23)5-7-16)25-21(27)13-32-18-9-2-14(3-10-18)22(24)28/h2-12,26H,13H2,1H3,(H2,24,28)(H,25,27). The maximum atomic E-state index is 12.9. The van der Waals surface area contributed by atoms with Crippen molar-refractivity contribution in [3.8, 4) is 11.5 Å². The third-order valence-electron chi connectivity index (χ3n) is 4.34. The second kappa shape index (κ2) is 10.2. The first-order valence-electron chi connectivity index (χ1n) is 9.47. The van der Waals surface area contributed by atoms with Crippen LogP contribution in [0.4, 0.5) is 11.4 Å². The topological polar surface area (TPSA) is 137 Å². The molecule has 3 aromatic carbocycles. The van der Waals surface area contributed by atoms with E-state index in [1.165, 1.54) is 61.7 Å². The summed E-state index contributed by atoms with van der Waals surface area (Å²) in [5.41, 5.74) is 6.03. The van der Waals surface area contributed by atoms with E-state index in [9.17, 15) is 18.0 Å². The van der Waals surface area contributed by atoms with Crippen LogP contribution in [0.1, 0.15) is 10.4 Å². The number of nitrogens with one attached hydrogen (secondary N) is 2. The van der Waals surface area contributed by atoms with Crippen LogP contribution in [0.2, 0.25) is 5.02 Å². The molecule has 0 aromatic heterocycles. The van der Waals surface area contributed by atoms with Crippen molar-refractivity contribution in [3.05, 3.63) is 77.3 Å². The lowest BCUT2D eigenvalue weighted by molar-refractivity contribution is -0.118. The fourth-order valence-corrected chi connectivity index (χ4v) is 4.13. The van der Waals surface area contributed by atoms with Gasteiger partial charge >= 0.3 is 0 Å². The number of carbonyl (C=O) groups is 2. The number of primary amides is 1. The summed E-state index contributed by atoms with van der Waals surface area (Å²) in [5.74, 6) is -0.635. The van der Waals surface area contributed by atoms with E-state index in [1.807, 2.05) is 0 Å². The van der Waals surface area contributed by atoms with E-state index in [4.69, 9.17) is 26.8 Å². The Morgan fingerprint density at radius 1 is 0.970 bits per heavy atom. The van der Waals surface area contributed by atoms with Gasteiger partial charge in [-0.3, -0.25) is 14.3 Å². The summed E-state index contributed by atoms with van der Waals surface area (Å²) in [6, 6.07) is 16.3. The van der Waals surface area contributed by atoms with Crippen molar-refractivity contribution in [1.29, 1.82) is 0 Å². The van der Waals surface area contributed by atoms with Crippen LogP contribution >= 0.6 is 11.6 Å². The molecule has 2 amide bonds. The summed E-state index contributed by atoms with van der Waals surface area (Å²) in [4.78, 5) is 23.2. The van der Waals surface area contributed by atoms with Crippen molar-refractivity contribution in [3.63, 3.8) is 0 Å². The second-order valence-electron chi connectivity index (χ2n) is 6.70. The highest BCUT2D eigenvalue weighted by molar-refractivity contribution is 7.92. The Labute approximate surface area is 195 Å². The average Bonchev–Trinajstić information content (AvgIpc) is 2.79. The van der Waals surface area contributed by atoms with Gasteiger partial charge in [-0.05, 0) is 66.7 Å². The van der Waals surface area contributed by atoms with E-state index in [-0.39, 0.29) is 22.9 Å². The molecular weight excluding hydrogens is 470 g/mol. The predicted octanol–water partition coefficient (Wildman–Crippen LogP) is 3.27. The highest BCUT2D eigenvalue weighted by Gasteiger charge is 2.21. The number of nitrogens with two attached hydrogens (primary N) is 1. The summed E-state index contributed by atoms with van der Waals surface area (Å²) in [6.07, 6.45) is 0. The number of hydrogen-bond donors (Lipinski definition) is 3. The van der Waals surface area contributed by atoms with Gasteiger partial charge in [0.1, 0.15) is 16.4 Å². The number of rotatable bonds is 9. The Morgan fingerprint density at radius 2 is 1.61 bits per heavy atom. The van der Waals surface area contributed by atoms with Crippen molar-refractivity contribution in [2.24, 2.45) is 5.73 Å². The van der Waals surface area contributed by atoms with E-state index in [0.29, 0.717) is 22.0 Å². The lowest BCUT2D eigenvalue weighted by atomic mass is 10.2. The van der Waals surface area contributed by atoms with Gasteiger partial charge < -0.3 is 20.5 Å². The Bertz CT molecular complexity index is 1260. The molecule has 4 N–H and O–H groups in total. The Hall–Kier alpha value is -3.76. The molecule has 172 valence electrons. The van der Waals surface area contributed by atoms with Gasteiger partial charge in [0.2, 0.25) is 5.91 Å². The van der Waals surface area contributed by atoms with E-state index >= 15 is 0 Å². The monoisotopic (exact) mass is 489 g/mol. The second-order valence-corrected chi connectivity index (χ2v) is 8.79. The smallest absolute Gasteiger partial charge is 0.265 e. The number of carbonyl (C=O) groups excluding carboxylic acids is 2. The van der Waals surface area contributed by atoms with Crippen molar-refractivity contribution in [2.75, 3.05) is 23.8 Å². The maximum Gasteiger partial charge on any atom is 0.265 e. The number of sulfonamides is 1. The molecule has 0 aliphatic rings. The Balaban J connectivity index is 1.71. The lowest BCUT2D eigenvalue weighted by Gasteiger charge is -2.14. The minimum atomic E-state index is -4.03. The van der Waals surface area contributed by atoms with Crippen LogP contribution in [0, 0.1) is 0 Å². The van der Waals surface area contributed by atoms with Gasteiger partial charge in [-0.25, -0.2) is 8.42 Å². The van der Waals surface area contributed by atoms with Crippen molar-refractivity contribution >= 4 is 44.8 Å². The summed E-state index contributed by atoms with van der Waals surface area (Å²) in [7, 11) is -2.69. The molecule has 0 saturated carbocycles. The summed E-state index contributed by atoms with van der Waals surface area (Å²) in [6.45, 7) is -0.340. The summed E-state index contributed by atoms with van der Waals surface area (Å²) < 4.78 is 38.8. The highest BCUT2D eigenvalue weighted by Crippen LogP contribution is 2.29. The zero-order valence-electron chi connectivity index (χ0n) is 17.4. The molecule has 0 spiro atoms. The molecule has 0 atom stereocenters. The van der Waals surface area contributed by atoms with Gasteiger partial charge in [0.05, 0.1) is 7.11 Å². The summed E-state index contributed by atoms with van der Waals surface area (Å²) in [5, 5.41) is 3.04. The van der Waals surface area contributed by atoms with Gasteiger partial charge in [0.25, 0.3) is 15.9 Å². The minimum Gasteiger partial charge on any atom is -0.495 e. The minimum absolute atomic E-state index is 0.0975. The van der Waals surface area contributed by atoms with Crippen LogP contribution in [0.3, 0.4) is 0 Å². The number of amides is 2. The fraction of sp³-hybridized carbons (Fsp3) is 0.0909. The molecule has 3 aromatic rings. The zero-order chi connectivity index (χ0) is 24.0. The number of halogens is 1. The van der Waals surface area contributed by atoms with Gasteiger partial charge in [-0.15, -0.1) is 0 Å². The lowest BCUT2D eigenvalue weighted by Crippen LogP contribution is -2.21. The van der Waals surface area contributed by atoms with Crippen LogP contribution < -0.4 is 25.2 Å². The van der Waals surface area contributed by atoms with E-state index < -0.39 is 21.8 Å². The Morgan fingerprint density at radius 3 is 2.21 bits per heavy atom. The molecule has 0 saturated heterocycles. The third-order valence-corrected chi connectivity index (χ3v) is 6.00. The van der Waals surface area contributed by atoms with Crippen LogP contribution in [-0.4, -0.2) is 33.9 Å². The van der Waals surface area contributed by atoms with Crippen molar-refractivity contribution < 1.29 is 27.5 Å². The Kier molecular flexibility index (Phi) is 7.41. The quantitative estimate of drug-likeness (QED) is 0.422. The first-order chi connectivity index (χ1) is 15.7. The molecule has 0 aliphatic carbocycles. The molecule has 9 nitrogen and oxygen atoms in total. The zero-order valence-corrected chi connectivity index (χ0v) is 18.9. The molecule has 0 aliphatic heterocycles. The number of methoxy groups -OCH3 is 1. The van der Waals surface area contributed by atoms with E-state index in [1.54, 1.807) is 12.1 Å². The van der Waals surface area contributed by atoms with Gasteiger partial charge in [0, 0.05) is 22.0 Å². The van der Waals surface area contributed by atoms with E-state index in [0.717, 1.165) is 0 Å². The largest absolute Gasteiger partial charge is 0.495 e. The molecular formula is C22H20ClN3O6S. The van der Waals surface area contributed by atoms with Crippen molar-refractivity contribution in [2.45, 2.75) is 4.90 Å². The normalized spacial score (nSPS) is 10.8. The maximum absolute atomic E-state index is 12.9. The number of hydrogen-bond acceptors (Lipinski definition) is 6. The van der Waals surface area contributed by atoms with Crippen LogP contribution in [0.5, 0.6) is 11.5 Å². The average molecular weight is 490 g/mol. The number of benzene rings is 3. The predicted molar refractivity (Wildman–Crippen MR) is 124 cm³/mol. The SMILES string of the molecule is COc1ccc(NC(=O)COc2ccc(C(N)=O)cc2)cc1S(=O)(=O)Nc1ccc(Cl)cc1. The third kappa shape index (κ3) is 6.37. The molecule has 11 heteroatoms. The van der Waals surface area contributed by atoms with Crippen LogP contribution in [0.15, 0.2) is 71.6 Å². The van der Waals surface area contributed by atoms with Crippen molar-refractivity contribution in [1.82, 2.24) is 0 Å². The highest BCUT2D eigenvalue weighted by atomic mass is 35.5.